The highest BCUT2D eigenvalue weighted by atomic mass is 35.5. The zero-order valence-electron chi connectivity index (χ0n) is 19.5. The van der Waals surface area contributed by atoms with Crippen molar-refractivity contribution >= 4 is 58.6 Å². The number of amides is 2. The Bertz CT molecular complexity index is 876. The van der Waals surface area contributed by atoms with Crippen molar-refractivity contribution in [3.05, 3.63) is 0 Å². The topological polar surface area (TPSA) is 150 Å². The van der Waals surface area contributed by atoms with Gasteiger partial charge >= 0.3 is 11.9 Å². The van der Waals surface area contributed by atoms with Crippen LogP contribution < -0.4 is 5.32 Å². The molecule has 0 aromatic rings. The highest BCUT2D eigenvalue weighted by molar-refractivity contribution is 8.00. The molecule has 0 saturated carbocycles. The second-order valence-electron chi connectivity index (χ2n) is 8.74. The number of nitrogens with zero attached hydrogens (tertiary/aromatic N) is 2. The zero-order valence-corrected chi connectivity index (χ0v) is 21.1. The van der Waals surface area contributed by atoms with Crippen LogP contribution in [0.25, 0.3) is 0 Å². The van der Waals surface area contributed by atoms with E-state index in [0.29, 0.717) is 0 Å². The van der Waals surface area contributed by atoms with E-state index < -0.39 is 70.2 Å². The number of oxime groups is 1. The molecule has 190 valence electrons. The average molecular weight is 522 g/mol. The second-order valence-corrected chi connectivity index (χ2v) is 10.1. The van der Waals surface area contributed by atoms with Gasteiger partial charge in [-0.05, 0) is 20.8 Å². The van der Waals surface area contributed by atoms with Crippen molar-refractivity contribution in [2.24, 2.45) is 16.0 Å². The van der Waals surface area contributed by atoms with Gasteiger partial charge in [0.05, 0.1) is 17.9 Å². The van der Waals surface area contributed by atoms with E-state index in [1.165, 1.54) is 30.9 Å². The molecule has 2 aliphatic rings. The van der Waals surface area contributed by atoms with Gasteiger partial charge in [0.15, 0.2) is 0 Å². The predicted octanol–water partition coefficient (Wildman–Crippen LogP) is -0.0806. The summed E-state index contributed by atoms with van der Waals surface area (Å²) in [7, 11) is 2.58. The fourth-order valence-electron chi connectivity index (χ4n) is 3.26. The number of rotatable bonds is 10. The summed E-state index contributed by atoms with van der Waals surface area (Å²) < 4.78 is 15.4. The van der Waals surface area contributed by atoms with Gasteiger partial charge in [0.25, 0.3) is 5.91 Å². The fourth-order valence-corrected chi connectivity index (χ4v) is 4.91. The Morgan fingerprint density at radius 1 is 1.24 bits per heavy atom. The molecule has 14 heteroatoms. The normalized spacial score (nSPS) is 24.5. The minimum atomic E-state index is -1.19. The van der Waals surface area contributed by atoms with Crippen LogP contribution in [-0.4, -0.2) is 97.4 Å². The third kappa shape index (κ3) is 5.99. The van der Waals surface area contributed by atoms with Gasteiger partial charge < -0.3 is 29.3 Å². The lowest BCUT2D eigenvalue weighted by atomic mass is 9.88. The van der Waals surface area contributed by atoms with E-state index in [9.17, 15) is 24.0 Å². The molecular weight excluding hydrogens is 494 g/mol. The number of alkyl halides is 1. The van der Waals surface area contributed by atoms with Crippen molar-refractivity contribution < 1.29 is 43.0 Å². The molecule has 0 bridgehead atoms. The molecule has 34 heavy (non-hydrogen) atoms. The summed E-state index contributed by atoms with van der Waals surface area (Å²) in [5.74, 6) is -3.56. The lowest BCUT2D eigenvalue weighted by Gasteiger charge is -2.53. The summed E-state index contributed by atoms with van der Waals surface area (Å²) in [5.41, 5.74) is -2.49. The van der Waals surface area contributed by atoms with Crippen LogP contribution in [0.15, 0.2) is 5.16 Å². The number of halogens is 1. The summed E-state index contributed by atoms with van der Waals surface area (Å²) >= 11 is 6.73. The number of ketones is 1. The van der Waals surface area contributed by atoms with Gasteiger partial charge in [-0.1, -0.05) is 5.16 Å². The number of carbonyl (C=O) groups excluding carboxylic acids is 5. The molecule has 1 N–H and O–H groups in total. The monoisotopic (exact) mass is 521 g/mol. The van der Waals surface area contributed by atoms with Crippen molar-refractivity contribution in [2.75, 3.05) is 45.8 Å². The summed E-state index contributed by atoms with van der Waals surface area (Å²) in [5, 5.41) is 5.39. The second kappa shape index (κ2) is 11.4. The molecular formula is C20H28ClN3O9S. The molecule has 3 atom stereocenters. The smallest absolute Gasteiger partial charge is 0.319 e. The van der Waals surface area contributed by atoms with E-state index in [-0.39, 0.29) is 18.9 Å². The Balaban J connectivity index is 2.03. The maximum atomic E-state index is 12.9. The molecule has 0 spiro atoms. The van der Waals surface area contributed by atoms with Crippen LogP contribution in [0.2, 0.25) is 0 Å². The molecule has 0 radical (unpaired) electrons. The Morgan fingerprint density at radius 2 is 1.91 bits per heavy atom. The van der Waals surface area contributed by atoms with Gasteiger partial charge in [-0.15, -0.1) is 23.4 Å². The van der Waals surface area contributed by atoms with Crippen molar-refractivity contribution in [1.29, 1.82) is 0 Å². The molecule has 0 aliphatic carbocycles. The lowest BCUT2D eigenvalue weighted by Crippen LogP contribution is -2.74. The van der Waals surface area contributed by atoms with Crippen molar-refractivity contribution in [2.45, 2.75) is 32.2 Å². The number of thioether (sulfide) groups is 1. The first-order valence-corrected chi connectivity index (χ1v) is 11.8. The number of hydrogen-bond acceptors (Lipinski definition) is 11. The van der Waals surface area contributed by atoms with Gasteiger partial charge in [0, 0.05) is 19.4 Å². The summed E-state index contributed by atoms with van der Waals surface area (Å²) in [6.07, 6.45) is 0. The summed E-state index contributed by atoms with van der Waals surface area (Å²) in [6.45, 7) is 4.40. The van der Waals surface area contributed by atoms with Crippen LogP contribution in [0.1, 0.15) is 20.8 Å². The molecule has 0 aromatic carbocycles. The number of ether oxygens (including phenoxy) is 3. The van der Waals surface area contributed by atoms with Crippen molar-refractivity contribution in [3.8, 4) is 0 Å². The summed E-state index contributed by atoms with van der Waals surface area (Å²) in [4.78, 5) is 67.6. The van der Waals surface area contributed by atoms with E-state index in [2.05, 4.69) is 15.3 Å². The molecule has 2 saturated heterocycles. The first-order valence-electron chi connectivity index (χ1n) is 10.2. The predicted molar refractivity (Wildman–Crippen MR) is 121 cm³/mol. The number of esters is 2. The minimum absolute atomic E-state index is 0.0185. The third-order valence-electron chi connectivity index (χ3n) is 5.06. The van der Waals surface area contributed by atoms with Gasteiger partial charge in [0.2, 0.25) is 24.2 Å². The van der Waals surface area contributed by atoms with E-state index >= 15 is 0 Å². The van der Waals surface area contributed by atoms with E-state index in [1.807, 2.05) is 0 Å². The van der Waals surface area contributed by atoms with Crippen LogP contribution in [0.3, 0.4) is 0 Å². The largest absolute Gasteiger partial charge is 0.427 e. The number of hydrogen-bond donors (Lipinski definition) is 1. The molecule has 2 rings (SSSR count). The SMILES string of the molecule is COCC1(C(=O)OCOC(=O)C(C)(C)C)CS[C@@H]2C(NC(=O)C(=NOC)C(=O)CCl)C(=O)N2C1. The van der Waals surface area contributed by atoms with Crippen molar-refractivity contribution in [1.82, 2.24) is 10.2 Å². The Labute approximate surface area is 206 Å². The quantitative estimate of drug-likeness (QED) is 0.0786. The first kappa shape index (κ1) is 27.9. The molecule has 2 unspecified atom stereocenters. The summed E-state index contributed by atoms with van der Waals surface area (Å²) in [6, 6.07) is -0.924. The van der Waals surface area contributed by atoms with Crippen LogP contribution in [0.5, 0.6) is 0 Å². The Hall–Kier alpha value is -2.38. The number of Topliss-reactive ketones (excluding diaryl/α,β-unsaturated/α-hetero) is 1. The highest BCUT2D eigenvalue weighted by Crippen LogP contribution is 2.42. The average Bonchev–Trinajstić information content (AvgIpc) is 2.79. The third-order valence-corrected chi connectivity index (χ3v) is 6.89. The number of methoxy groups -OCH3 is 1. The first-order chi connectivity index (χ1) is 15.9. The lowest BCUT2D eigenvalue weighted by molar-refractivity contribution is -0.183. The minimum Gasteiger partial charge on any atom is -0.427 e. The van der Waals surface area contributed by atoms with Crippen LogP contribution in [-0.2, 0) is 43.0 Å². The maximum absolute atomic E-state index is 12.9. The zero-order chi connectivity index (χ0) is 25.7. The molecule has 2 heterocycles. The van der Waals surface area contributed by atoms with Gasteiger partial charge in [0.1, 0.15) is 23.9 Å². The van der Waals surface area contributed by atoms with Crippen LogP contribution >= 0.6 is 23.4 Å². The standard InChI is InChI=1S/C20H28ClN3O9S/c1-19(2,3)17(28)32-10-33-18(29)20(8-30-4)7-24-15(27)13(16(24)34-9-20)22-14(26)12(23-31-5)11(25)6-21/h13,16H,6-10H2,1-5H3,(H,22,26)/t13?,16-,20?/m1/s1. The molecule has 2 aliphatic heterocycles. The fraction of sp³-hybridized carbons (Fsp3) is 0.700. The Kier molecular flexibility index (Phi) is 9.31. The highest BCUT2D eigenvalue weighted by Gasteiger charge is 2.58. The molecule has 0 aromatic heterocycles. The number of nitrogens with one attached hydrogen (secondary N) is 1. The van der Waals surface area contributed by atoms with Crippen LogP contribution in [0, 0.1) is 10.8 Å². The number of fused-ring (bicyclic) bond motifs is 1. The Morgan fingerprint density at radius 3 is 2.47 bits per heavy atom. The van der Waals surface area contributed by atoms with Gasteiger partial charge in [-0.2, -0.15) is 0 Å². The van der Waals surface area contributed by atoms with Gasteiger partial charge in [-0.3, -0.25) is 24.0 Å². The maximum Gasteiger partial charge on any atom is 0.319 e. The number of carbonyl (C=O) groups is 5. The van der Waals surface area contributed by atoms with E-state index in [1.54, 1.807) is 20.8 Å². The van der Waals surface area contributed by atoms with Crippen LogP contribution in [0.4, 0.5) is 0 Å². The van der Waals surface area contributed by atoms with E-state index in [4.69, 9.17) is 25.8 Å². The molecule has 12 nitrogen and oxygen atoms in total. The molecule has 2 amide bonds. The molecule has 2 fully saturated rings. The van der Waals surface area contributed by atoms with E-state index in [0.717, 1.165) is 0 Å². The van der Waals surface area contributed by atoms with Gasteiger partial charge in [-0.25, -0.2) is 0 Å². The number of β-lactam (4-membered cyclic amide) rings is 1. The van der Waals surface area contributed by atoms with Crippen molar-refractivity contribution in [3.63, 3.8) is 0 Å².